The van der Waals surface area contributed by atoms with Crippen LogP contribution >= 0.6 is 0 Å². The van der Waals surface area contributed by atoms with E-state index in [1.165, 1.54) is 10.6 Å². The number of para-hydroxylation sites is 1. The minimum Gasteiger partial charge on any atom is -0.454 e. The molecule has 156 valence electrons. The van der Waals surface area contributed by atoms with Gasteiger partial charge in [-0.3, -0.25) is 4.79 Å². The summed E-state index contributed by atoms with van der Waals surface area (Å²) in [5.41, 5.74) is 0.651. The van der Waals surface area contributed by atoms with Gasteiger partial charge in [-0.15, -0.1) is 0 Å². The standard InChI is InChI=1S/C21H14F2N4O4/c22-13-3-1-4-14(23)19(13)24-18(28)10-27-8-2-5-15(27)21-25-20(26-31-21)12-6-7-16-17(9-12)30-11-29-16/h1-9H,10-11H2,(H,24,28). The average molecular weight is 424 g/mol. The van der Waals surface area contributed by atoms with Crippen LogP contribution in [0.5, 0.6) is 11.5 Å². The number of nitrogens with zero attached hydrogens (tertiary/aromatic N) is 3. The highest BCUT2D eigenvalue weighted by molar-refractivity contribution is 5.91. The van der Waals surface area contributed by atoms with Crippen LogP contribution in [0.3, 0.4) is 0 Å². The van der Waals surface area contributed by atoms with Crippen LogP contribution in [-0.2, 0) is 11.3 Å². The smallest absolute Gasteiger partial charge is 0.274 e. The molecule has 3 heterocycles. The molecule has 0 atom stereocenters. The maximum atomic E-state index is 13.8. The second-order valence-electron chi connectivity index (χ2n) is 6.66. The second-order valence-corrected chi connectivity index (χ2v) is 6.66. The van der Waals surface area contributed by atoms with Crippen LogP contribution in [0.1, 0.15) is 0 Å². The molecule has 2 aromatic carbocycles. The first-order valence-corrected chi connectivity index (χ1v) is 9.21. The fraction of sp³-hybridized carbons (Fsp3) is 0.0952. The lowest BCUT2D eigenvalue weighted by molar-refractivity contribution is -0.116. The lowest BCUT2D eigenvalue weighted by atomic mass is 10.2. The predicted molar refractivity (Wildman–Crippen MR) is 104 cm³/mol. The third-order valence-corrected chi connectivity index (χ3v) is 4.65. The molecule has 0 saturated heterocycles. The third kappa shape index (κ3) is 3.59. The van der Waals surface area contributed by atoms with Crippen molar-refractivity contribution in [2.24, 2.45) is 0 Å². The summed E-state index contributed by atoms with van der Waals surface area (Å²) >= 11 is 0. The molecule has 0 unspecified atom stereocenters. The van der Waals surface area contributed by atoms with E-state index >= 15 is 0 Å². The Bertz CT molecular complexity index is 1260. The van der Waals surface area contributed by atoms with E-state index in [1.54, 1.807) is 36.5 Å². The summed E-state index contributed by atoms with van der Waals surface area (Å²) in [7, 11) is 0. The number of halogens is 2. The van der Waals surface area contributed by atoms with Crippen molar-refractivity contribution in [2.75, 3.05) is 12.1 Å². The number of carbonyl (C=O) groups is 1. The molecule has 31 heavy (non-hydrogen) atoms. The first kappa shape index (κ1) is 18.8. The maximum absolute atomic E-state index is 13.8. The van der Waals surface area contributed by atoms with Gasteiger partial charge in [0.1, 0.15) is 29.6 Å². The Kier molecular flexibility index (Phi) is 4.58. The fourth-order valence-corrected chi connectivity index (χ4v) is 3.18. The highest BCUT2D eigenvalue weighted by Crippen LogP contribution is 2.35. The van der Waals surface area contributed by atoms with E-state index in [4.69, 9.17) is 14.0 Å². The SMILES string of the molecule is O=C(Cn1cccc1-c1nc(-c2ccc3c(c2)OCO3)no1)Nc1c(F)cccc1F. The number of amides is 1. The molecule has 0 saturated carbocycles. The van der Waals surface area contributed by atoms with Crippen LogP contribution in [0.15, 0.2) is 59.3 Å². The van der Waals surface area contributed by atoms with E-state index in [0.29, 0.717) is 28.6 Å². The molecular formula is C21H14F2N4O4. The van der Waals surface area contributed by atoms with Gasteiger partial charge in [-0.05, 0) is 42.5 Å². The topological polar surface area (TPSA) is 91.4 Å². The van der Waals surface area contributed by atoms with E-state index < -0.39 is 23.2 Å². The van der Waals surface area contributed by atoms with Gasteiger partial charge in [-0.25, -0.2) is 8.78 Å². The van der Waals surface area contributed by atoms with Crippen LogP contribution < -0.4 is 14.8 Å². The van der Waals surface area contributed by atoms with Gasteiger partial charge in [-0.2, -0.15) is 4.98 Å². The van der Waals surface area contributed by atoms with Crippen molar-refractivity contribution in [3.8, 4) is 34.5 Å². The minimum absolute atomic E-state index is 0.155. The number of nitrogens with one attached hydrogen (secondary N) is 1. The summed E-state index contributed by atoms with van der Waals surface area (Å²) in [6, 6.07) is 12.0. The van der Waals surface area contributed by atoms with E-state index in [-0.39, 0.29) is 19.2 Å². The molecule has 5 rings (SSSR count). The van der Waals surface area contributed by atoms with E-state index in [2.05, 4.69) is 15.5 Å². The second kappa shape index (κ2) is 7.56. The summed E-state index contributed by atoms with van der Waals surface area (Å²) in [5, 5.41) is 6.23. The van der Waals surface area contributed by atoms with Gasteiger partial charge in [0.15, 0.2) is 11.5 Å². The van der Waals surface area contributed by atoms with Crippen LogP contribution in [0.2, 0.25) is 0 Å². The molecule has 2 aromatic heterocycles. The molecule has 0 fully saturated rings. The quantitative estimate of drug-likeness (QED) is 0.523. The van der Waals surface area contributed by atoms with Crippen molar-refractivity contribution < 1.29 is 27.6 Å². The van der Waals surface area contributed by atoms with E-state index in [1.807, 2.05) is 0 Å². The zero-order chi connectivity index (χ0) is 21.4. The van der Waals surface area contributed by atoms with Crippen LogP contribution in [0.4, 0.5) is 14.5 Å². The normalized spacial score (nSPS) is 12.2. The van der Waals surface area contributed by atoms with Crippen molar-refractivity contribution in [1.29, 1.82) is 0 Å². The van der Waals surface area contributed by atoms with Crippen molar-refractivity contribution in [3.63, 3.8) is 0 Å². The van der Waals surface area contributed by atoms with E-state index in [9.17, 15) is 13.6 Å². The Morgan fingerprint density at radius 2 is 1.87 bits per heavy atom. The largest absolute Gasteiger partial charge is 0.454 e. The van der Waals surface area contributed by atoms with Crippen molar-refractivity contribution in [2.45, 2.75) is 6.54 Å². The average Bonchev–Trinajstić information content (AvgIpc) is 3.50. The molecule has 0 radical (unpaired) electrons. The number of aromatic nitrogens is 3. The molecule has 10 heteroatoms. The van der Waals surface area contributed by atoms with Gasteiger partial charge in [0.05, 0.1) is 0 Å². The first-order chi connectivity index (χ1) is 15.1. The van der Waals surface area contributed by atoms with Crippen molar-refractivity contribution in [3.05, 3.63) is 66.4 Å². The Hall–Kier alpha value is -4.21. The summed E-state index contributed by atoms with van der Waals surface area (Å²) in [4.78, 5) is 16.7. The zero-order valence-electron chi connectivity index (χ0n) is 15.8. The van der Waals surface area contributed by atoms with Gasteiger partial charge in [-0.1, -0.05) is 11.2 Å². The molecule has 0 bridgehead atoms. The Balaban J connectivity index is 1.35. The number of fused-ring (bicyclic) bond motifs is 1. The third-order valence-electron chi connectivity index (χ3n) is 4.65. The van der Waals surface area contributed by atoms with Crippen LogP contribution in [-0.4, -0.2) is 27.4 Å². The highest BCUT2D eigenvalue weighted by atomic mass is 19.1. The molecule has 8 nitrogen and oxygen atoms in total. The van der Waals surface area contributed by atoms with Crippen molar-refractivity contribution >= 4 is 11.6 Å². The summed E-state index contributed by atoms with van der Waals surface area (Å²) in [6.07, 6.45) is 1.62. The van der Waals surface area contributed by atoms with Crippen LogP contribution in [0, 0.1) is 11.6 Å². The molecule has 1 aliphatic rings. The summed E-state index contributed by atoms with van der Waals surface area (Å²) in [5.74, 6) is -0.584. The van der Waals surface area contributed by atoms with Gasteiger partial charge < -0.3 is 23.9 Å². The molecule has 1 aliphatic heterocycles. The molecule has 4 aromatic rings. The molecule has 0 spiro atoms. The lowest BCUT2D eigenvalue weighted by Gasteiger charge is -2.09. The Labute approximate surface area is 174 Å². The number of carbonyl (C=O) groups excluding carboxylic acids is 1. The molecular weight excluding hydrogens is 410 g/mol. The summed E-state index contributed by atoms with van der Waals surface area (Å²) < 4.78 is 45.1. The van der Waals surface area contributed by atoms with Gasteiger partial charge in [0.2, 0.25) is 18.5 Å². The zero-order valence-corrected chi connectivity index (χ0v) is 15.8. The highest BCUT2D eigenvalue weighted by Gasteiger charge is 2.19. The number of hydrogen-bond donors (Lipinski definition) is 1. The van der Waals surface area contributed by atoms with Gasteiger partial charge in [0.25, 0.3) is 5.89 Å². The van der Waals surface area contributed by atoms with Crippen LogP contribution in [0.25, 0.3) is 23.0 Å². The Morgan fingerprint density at radius 3 is 2.71 bits per heavy atom. The molecule has 1 N–H and O–H groups in total. The number of hydrogen-bond acceptors (Lipinski definition) is 6. The van der Waals surface area contributed by atoms with Gasteiger partial charge >= 0.3 is 0 Å². The van der Waals surface area contributed by atoms with Gasteiger partial charge in [0, 0.05) is 11.8 Å². The number of rotatable bonds is 5. The molecule has 1 amide bonds. The minimum atomic E-state index is -0.855. The molecule has 0 aliphatic carbocycles. The lowest BCUT2D eigenvalue weighted by Crippen LogP contribution is -2.20. The number of benzene rings is 2. The number of anilines is 1. The first-order valence-electron chi connectivity index (χ1n) is 9.21. The fourth-order valence-electron chi connectivity index (χ4n) is 3.18. The Morgan fingerprint density at radius 1 is 1.06 bits per heavy atom. The number of ether oxygens (including phenoxy) is 2. The van der Waals surface area contributed by atoms with Crippen molar-refractivity contribution in [1.82, 2.24) is 14.7 Å². The monoisotopic (exact) mass is 424 g/mol. The maximum Gasteiger partial charge on any atom is 0.274 e. The predicted octanol–water partition coefficient (Wildman–Crippen LogP) is 3.85. The summed E-state index contributed by atoms with van der Waals surface area (Å²) in [6.45, 7) is -0.0551. The van der Waals surface area contributed by atoms with E-state index in [0.717, 1.165) is 12.1 Å².